The molecule has 14 nitrogen and oxygen atoms in total. The molecule has 2 aliphatic rings. The minimum atomic E-state index is -1.82. The summed E-state index contributed by atoms with van der Waals surface area (Å²) in [6.07, 6.45) is -8.00. The van der Waals surface area contributed by atoms with Crippen LogP contribution in [0.1, 0.15) is 54.0 Å². The lowest BCUT2D eigenvalue weighted by Crippen LogP contribution is -2.63. The van der Waals surface area contributed by atoms with Gasteiger partial charge in [0.05, 0.1) is 11.1 Å². The molecule has 1 aromatic rings. The predicted octanol–water partition coefficient (Wildman–Crippen LogP) is 1.94. The highest BCUT2D eigenvalue weighted by Gasteiger charge is 2.54. The average molecular weight is 619 g/mol. The summed E-state index contributed by atoms with van der Waals surface area (Å²) in [4.78, 5) is 72.9. The molecular weight excluding hydrogens is 595 g/mol. The standard InChI is InChI=1S/C25H24Cl2O14/c1-7-17(32)13-14(19(34)16(27)15(26)18(13)33)20(35)21(7)41-25-24(39-11(5)31)23(38-10(4)30)22(37-9(3)29)12(40-25)6-36-8(2)28/h12,22-25,32,35H,6H2,1-5H3/t12-,22-,23+,24-,25+/m1/s1. The van der Waals surface area contributed by atoms with E-state index < -0.39 is 111 Å². The molecule has 0 spiro atoms. The number of allylic oxidation sites excluding steroid dienone is 2. The molecule has 1 saturated heterocycles. The molecule has 1 aliphatic heterocycles. The zero-order valence-corrected chi connectivity index (χ0v) is 23.7. The highest BCUT2D eigenvalue weighted by molar-refractivity contribution is 6.59. The lowest BCUT2D eigenvalue weighted by molar-refractivity contribution is -0.288. The summed E-state index contributed by atoms with van der Waals surface area (Å²) >= 11 is 11.7. The second-order valence-corrected chi connectivity index (χ2v) is 9.63. The fourth-order valence-corrected chi connectivity index (χ4v) is 4.59. The number of ketones is 2. The van der Waals surface area contributed by atoms with Crippen LogP contribution < -0.4 is 4.74 Å². The zero-order chi connectivity index (χ0) is 30.9. The first-order chi connectivity index (χ1) is 19.1. The van der Waals surface area contributed by atoms with E-state index in [-0.39, 0.29) is 5.56 Å². The van der Waals surface area contributed by atoms with Gasteiger partial charge in [-0.2, -0.15) is 0 Å². The molecular formula is C25H24Cl2O14. The van der Waals surface area contributed by atoms with Crippen molar-refractivity contribution in [1.82, 2.24) is 0 Å². The summed E-state index contributed by atoms with van der Waals surface area (Å²) in [7, 11) is 0. The van der Waals surface area contributed by atoms with E-state index >= 15 is 0 Å². The second kappa shape index (κ2) is 12.3. The van der Waals surface area contributed by atoms with Crippen LogP contribution in [0.4, 0.5) is 0 Å². The Bertz CT molecular complexity index is 1370. The molecule has 0 saturated carbocycles. The maximum atomic E-state index is 12.8. The van der Waals surface area contributed by atoms with Gasteiger partial charge in [0.15, 0.2) is 23.7 Å². The number of carbonyl (C=O) groups is 6. The van der Waals surface area contributed by atoms with Crippen LogP contribution in [-0.2, 0) is 42.9 Å². The molecule has 41 heavy (non-hydrogen) atoms. The predicted molar refractivity (Wildman–Crippen MR) is 134 cm³/mol. The lowest BCUT2D eigenvalue weighted by atomic mass is 9.90. The zero-order valence-electron chi connectivity index (χ0n) is 22.1. The van der Waals surface area contributed by atoms with Crippen molar-refractivity contribution in [2.24, 2.45) is 0 Å². The van der Waals surface area contributed by atoms with Crippen LogP contribution in [0.15, 0.2) is 10.1 Å². The van der Waals surface area contributed by atoms with E-state index in [0.29, 0.717) is 0 Å². The number of rotatable bonds is 7. The molecule has 3 rings (SSSR count). The van der Waals surface area contributed by atoms with Crippen molar-refractivity contribution >= 4 is 58.6 Å². The van der Waals surface area contributed by atoms with Gasteiger partial charge in [-0.1, -0.05) is 23.2 Å². The van der Waals surface area contributed by atoms with Gasteiger partial charge < -0.3 is 38.6 Å². The van der Waals surface area contributed by atoms with Crippen LogP contribution in [-0.4, -0.2) is 83.0 Å². The summed E-state index contributed by atoms with van der Waals surface area (Å²) in [6, 6.07) is 0. The third-order valence-electron chi connectivity index (χ3n) is 5.86. The van der Waals surface area contributed by atoms with Gasteiger partial charge in [-0.15, -0.1) is 0 Å². The van der Waals surface area contributed by atoms with Crippen molar-refractivity contribution < 1.29 is 67.4 Å². The Labute approximate surface area is 242 Å². The Morgan fingerprint density at radius 3 is 1.71 bits per heavy atom. The van der Waals surface area contributed by atoms with Crippen molar-refractivity contribution in [3.8, 4) is 17.2 Å². The molecule has 1 fully saturated rings. The molecule has 0 radical (unpaired) electrons. The van der Waals surface area contributed by atoms with E-state index in [4.69, 9.17) is 51.6 Å². The van der Waals surface area contributed by atoms with Crippen molar-refractivity contribution in [2.75, 3.05) is 6.61 Å². The molecule has 0 unspecified atom stereocenters. The fraction of sp³-hybridized carbons (Fsp3) is 0.440. The van der Waals surface area contributed by atoms with E-state index in [1.54, 1.807) is 0 Å². The molecule has 0 amide bonds. The lowest BCUT2D eigenvalue weighted by Gasteiger charge is -2.44. The van der Waals surface area contributed by atoms with Crippen molar-refractivity contribution in [3.63, 3.8) is 0 Å². The fourth-order valence-electron chi connectivity index (χ4n) is 4.23. The normalized spacial score (nSPS) is 23.8. The number of phenols is 2. The topological polar surface area (TPSA) is 198 Å². The average Bonchev–Trinajstić information content (AvgIpc) is 2.87. The molecule has 5 atom stereocenters. The smallest absolute Gasteiger partial charge is 0.303 e. The SMILES string of the molecule is CC(=O)OC[C@H]1O[C@@H](Oc2c(C)c(O)c3c(c2O)C(=O)C(Cl)=C(Cl)C3=O)[C@H](OC(C)=O)[C@@H](OC(C)=O)[C@@H]1OC(C)=O. The largest absolute Gasteiger partial charge is 0.507 e. The third-order valence-corrected chi connectivity index (χ3v) is 6.68. The molecule has 1 aromatic carbocycles. The Kier molecular flexibility index (Phi) is 9.51. The Morgan fingerprint density at radius 2 is 1.22 bits per heavy atom. The number of halogens is 2. The van der Waals surface area contributed by atoms with Gasteiger partial charge in [0.1, 0.15) is 28.5 Å². The van der Waals surface area contributed by atoms with E-state index in [0.717, 1.165) is 27.7 Å². The Balaban J connectivity index is 2.18. The van der Waals surface area contributed by atoms with E-state index in [1.807, 2.05) is 0 Å². The summed E-state index contributed by atoms with van der Waals surface area (Å²) in [5.41, 5.74) is -1.64. The number of ether oxygens (including phenoxy) is 6. The minimum Gasteiger partial charge on any atom is -0.507 e. The highest BCUT2D eigenvalue weighted by atomic mass is 35.5. The number of hydrogen-bond acceptors (Lipinski definition) is 14. The number of fused-ring (bicyclic) bond motifs is 1. The van der Waals surface area contributed by atoms with E-state index in [9.17, 15) is 39.0 Å². The van der Waals surface area contributed by atoms with E-state index in [2.05, 4.69) is 0 Å². The maximum Gasteiger partial charge on any atom is 0.303 e. The van der Waals surface area contributed by atoms with Gasteiger partial charge in [0.25, 0.3) is 0 Å². The van der Waals surface area contributed by atoms with Crippen LogP contribution in [0.3, 0.4) is 0 Å². The van der Waals surface area contributed by atoms with Crippen LogP contribution in [0.5, 0.6) is 17.2 Å². The van der Waals surface area contributed by atoms with E-state index in [1.165, 1.54) is 6.92 Å². The first-order valence-electron chi connectivity index (χ1n) is 11.8. The van der Waals surface area contributed by atoms with Crippen molar-refractivity contribution in [3.05, 3.63) is 26.8 Å². The molecule has 1 heterocycles. The third kappa shape index (κ3) is 6.39. The van der Waals surface area contributed by atoms with Gasteiger partial charge in [-0.05, 0) is 6.92 Å². The first kappa shape index (κ1) is 31.6. The summed E-state index contributed by atoms with van der Waals surface area (Å²) in [5, 5.41) is 20.4. The Morgan fingerprint density at radius 1 is 0.756 bits per heavy atom. The van der Waals surface area contributed by atoms with Crippen LogP contribution in [0, 0.1) is 6.92 Å². The van der Waals surface area contributed by atoms with Crippen LogP contribution >= 0.6 is 23.2 Å². The van der Waals surface area contributed by atoms with Gasteiger partial charge in [0, 0.05) is 33.3 Å². The number of phenolic OH excluding ortho intramolecular Hbond substituents is 2. The number of hydrogen-bond donors (Lipinski definition) is 2. The van der Waals surface area contributed by atoms with Gasteiger partial charge in [-0.25, -0.2) is 0 Å². The first-order valence-corrected chi connectivity index (χ1v) is 12.5. The minimum absolute atomic E-state index is 0.280. The number of carbonyl (C=O) groups excluding carboxylic acids is 6. The van der Waals surface area contributed by atoms with Gasteiger partial charge in [0.2, 0.25) is 24.0 Å². The molecule has 0 bridgehead atoms. The number of esters is 4. The summed E-state index contributed by atoms with van der Waals surface area (Å²) in [5.74, 6) is -7.95. The van der Waals surface area contributed by atoms with Crippen molar-refractivity contribution in [1.29, 1.82) is 0 Å². The summed E-state index contributed by atoms with van der Waals surface area (Å²) in [6.45, 7) is 4.79. The van der Waals surface area contributed by atoms with Gasteiger partial charge >= 0.3 is 23.9 Å². The number of benzene rings is 1. The Hall–Kier alpha value is -3.88. The molecule has 16 heteroatoms. The summed E-state index contributed by atoms with van der Waals surface area (Å²) < 4.78 is 32.5. The van der Waals surface area contributed by atoms with Crippen molar-refractivity contribution in [2.45, 2.75) is 65.3 Å². The number of Topliss-reactive ketones (excluding diaryl/α,β-unsaturated/α-hetero) is 2. The molecule has 222 valence electrons. The van der Waals surface area contributed by atoms with Crippen LogP contribution in [0.2, 0.25) is 0 Å². The molecule has 2 N–H and O–H groups in total. The quantitative estimate of drug-likeness (QED) is 0.255. The highest BCUT2D eigenvalue weighted by Crippen LogP contribution is 2.48. The maximum absolute atomic E-state index is 12.8. The molecule has 1 aliphatic carbocycles. The van der Waals surface area contributed by atoms with Gasteiger partial charge in [-0.3, -0.25) is 28.8 Å². The van der Waals surface area contributed by atoms with Crippen LogP contribution in [0.25, 0.3) is 0 Å². The molecule has 0 aromatic heterocycles. The second-order valence-electron chi connectivity index (χ2n) is 8.87. The monoisotopic (exact) mass is 618 g/mol. The number of aromatic hydroxyl groups is 2.